The van der Waals surface area contributed by atoms with Crippen LogP contribution >= 0.6 is 43.1 Å². The molecule has 5 heteroatoms. The molecule has 1 aliphatic heterocycles. The van der Waals surface area contributed by atoms with Gasteiger partial charge in [0, 0.05) is 5.92 Å². The third-order valence-corrected chi connectivity index (χ3v) is 2.19. The predicted molar refractivity (Wildman–Crippen MR) is 54.2 cm³/mol. The van der Waals surface area contributed by atoms with Crippen molar-refractivity contribution in [1.29, 1.82) is 0 Å². The Labute approximate surface area is 93.7 Å². The Morgan fingerprint density at radius 2 is 2.20 bits per heavy atom. The molecule has 10 heavy (non-hydrogen) atoms. The Kier molecular flexibility index (Phi) is 8.39. The molecular formula is C5H7I2NNiO-. The summed E-state index contributed by atoms with van der Waals surface area (Å²) in [5, 5.41) is 4.06. The molecule has 1 aliphatic rings. The molecule has 0 radical (unpaired) electrons. The topological polar surface area (TPSA) is 31.2 Å². The molecule has 1 saturated heterocycles. The van der Waals surface area contributed by atoms with Crippen LogP contribution in [0.5, 0.6) is 0 Å². The van der Waals surface area contributed by atoms with Gasteiger partial charge in [0.2, 0.25) is 0 Å². The number of rotatable bonds is 1. The molecule has 0 saturated carbocycles. The molecular weight excluding hydrogens is 403 g/mol. The van der Waals surface area contributed by atoms with E-state index >= 15 is 0 Å². The second-order valence-electron chi connectivity index (χ2n) is 1.92. The fourth-order valence-electron chi connectivity index (χ4n) is 0.771. The normalized spacial score (nSPS) is 23.4. The molecule has 63 valence electrons. The Morgan fingerprint density at radius 3 is 2.40 bits per heavy atom. The zero-order valence-corrected chi connectivity index (χ0v) is 10.4. The Bertz CT molecular complexity index is 106. The van der Waals surface area contributed by atoms with Crippen LogP contribution < -0.4 is 0 Å². The Hall–Kier alpha value is 1.58. The minimum atomic E-state index is 0.246. The maximum atomic E-state index is 10.6. The van der Waals surface area contributed by atoms with Crippen molar-refractivity contribution in [3.63, 3.8) is 0 Å². The molecule has 0 aromatic rings. The van der Waals surface area contributed by atoms with Gasteiger partial charge in [-0.2, -0.15) is 0 Å². The second-order valence-corrected chi connectivity index (χ2v) is 2.98. The number of carbonyl (C=O) groups is 1. The van der Waals surface area contributed by atoms with Gasteiger partial charge in [-0.25, -0.2) is 0 Å². The van der Waals surface area contributed by atoms with Crippen molar-refractivity contribution >= 4 is 46.9 Å². The van der Waals surface area contributed by atoms with Crippen LogP contribution in [-0.2, 0) is 17.1 Å². The predicted octanol–water partition coefficient (Wildman–Crippen LogP) is 2.22. The van der Waals surface area contributed by atoms with E-state index in [2.05, 4.69) is 17.6 Å². The first-order valence-corrected chi connectivity index (χ1v) is 7.02. The summed E-state index contributed by atoms with van der Waals surface area (Å²) in [4.78, 5) is 10.6. The SMILES string of the molecule is O=C(I)[C@H]1CC[N-]C1.[Ni][I]. The van der Waals surface area contributed by atoms with Crippen molar-refractivity contribution in [2.24, 2.45) is 5.92 Å². The zero-order chi connectivity index (χ0) is 7.98. The minimum absolute atomic E-state index is 0.246. The molecule has 2 nitrogen and oxygen atoms in total. The molecule has 1 rings (SSSR count). The van der Waals surface area contributed by atoms with Crippen LogP contribution in [0.3, 0.4) is 0 Å². The van der Waals surface area contributed by atoms with E-state index in [1.54, 1.807) is 20.5 Å². The summed E-state index contributed by atoms with van der Waals surface area (Å²) in [6, 6.07) is 0. The van der Waals surface area contributed by atoms with E-state index < -0.39 is 0 Å². The van der Waals surface area contributed by atoms with Crippen LogP contribution in [0.4, 0.5) is 0 Å². The van der Waals surface area contributed by atoms with Crippen molar-refractivity contribution in [1.82, 2.24) is 0 Å². The first-order valence-electron chi connectivity index (χ1n) is 2.75. The molecule has 0 unspecified atom stereocenters. The van der Waals surface area contributed by atoms with E-state index in [1.165, 1.54) is 0 Å². The third kappa shape index (κ3) is 4.46. The molecule has 1 heterocycles. The fourth-order valence-corrected chi connectivity index (χ4v) is 1.28. The van der Waals surface area contributed by atoms with Crippen LogP contribution in [-0.4, -0.2) is 16.9 Å². The van der Waals surface area contributed by atoms with Crippen molar-refractivity contribution in [3.05, 3.63) is 5.32 Å². The molecule has 0 amide bonds. The van der Waals surface area contributed by atoms with E-state index in [0.29, 0.717) is 0 Å². The summed E-state index contributed by atoms with van der Waals surface area (Å²) in [7, 11) is 0. The molecule has 1 atom stereocenters. The van der Waals surface area contributed by atoms with Gasteiger partial charge in [-0.05, 0) is 22.6 Å². The average Bonchev–Trinajstić information content (AvgIpc) is 2.42. The van der Waals surface area contributed by atoms with Crippen LogP contribution in [0.15, 0.2) is 0 Å². The number of hydrogen-bond donors (Lipinski definition) is 0. The molecule has 0 aromatic carbocycles. The number of nitrogens with zero attached hydrogens (tertiary/aromatic N) is 1. The van der Waals surface area contributed by atoms with E-state index in [4.69, 9.17) is 0 Å². The molecule has 0 aromatic heterocycles. The Morgan fingerprint density at radius 1 is 1.60 bits per heavy atom. The van der Waals surface area contributed by atoms with Crippen LogP contribution in [0.2, 0.25) is 0 Å². The van der Waals surface area contributed by atoms with E-state index in [1.807, 2.05) is 22.6 Å². The van der Waals surface area contributed by atoms with Crippen LogP contribution in [0, 0.1) is 5.92 Å². The van der Waals surface area contributed by atoms with Gasteiger partial charge in [-0.15, -0.1) is 13.1 Å². The number of carbonyl (C=O) groups excluding carboxylic acids is 1. The van der Waals surface area contributed by atoms with Gasteiger partial charge in [0.15, 0.2) is 3.79 Å². The second kappa shape index (κ2) is 7.24. The molecule has 1 fully saturated rings. The molecule has 0 N–H and O–H groups in total. The van der Waals surface area contributed by atoms with Crippen molar-refractivity contribution in [2.45, 2.75) is 6.42 Å². The summed E-state index contributed by atoms with van der Waals surface area (Å²) in [5.74, 6) is 0.246. The van der Waals surface area contributed by atoms with Crippen molar-refractivity contribution < 1.29 is 17.1 Å². The van der Waals surface area contributed by atoms with Gasteiger partial charge in [-0.1, -0.05) is 6.42 Å². The fraction of sp³-hybridized carbons (Fsp3) is 0.800. The van der Waals surface area contributed by atoms with Gasteiger partial charge >= 0.3 is 32.8 Å². The summed E-state index contributed by atoms with van der Waals surface area (Å²) in [6.45, 7) is 1.65. The van der Waals surface area contributed by atoms with Crippen molar-refractivity contribution in [3.8, 4) is 0 Å². The summed E-state index contributed by atoms with van der Waals surface area (Å²) >= 11 is 7.47. The first kappa shape index (κ1) is 11.6. The van der Waals surface area contributed by atoms with Gasteiger partial charge in [0.1, 0.15) is 0 Å². The van der Waals surface area contributed by atoms with Crippen molar-refractivity contribution in [2.75, 3.05) is 13.1 Å². The van der Waals surface area contributed by atoms with E-state index in [9.17, 15) is 4.79 Å². The monoisotopic (exact) mass is 409 g/mol. The molecule has 0 spiro atoms. The molecule has 0 bridgehead atoms. The summed E-state index contributed by atoms with van der Waals surface area (Å²) < 4.78 is 0.267. The summed E-state index contributed by atoms with van der Waals surface area (Å²) in [5.41, 5.74) is 0. The van der Waals surface area contributed by atoms with Gasteiger partial charge in [-0.3, -0.25) is 4.79 Å². The third-order valence-electron chi connectivity index (χ3n) is 1.31. The van der Waals surface area contributed by atoms with Gasteiger partial charge < -0.3 is 5.32 Å². The van der Waals surface area contributed by atoms with E-state index in [0.717, 1.165) is 19.5 Å². The zero-order valence-electron chi connectivity index (χ0n) is 5.13. The number of halogens is 2. The standard InChI is InChI=1S/C5H7INO.HI.Ni/c6-5(8)4-1-2-7-3-4;;/h4H,1-3H2;1H;/q-1;;+1/p-1/t4-;;/m0../s1. The van der Waals surface area contributed by atoms with E-state index in [-0.39, 0.29) is 9.71 Å². The number of hydrogen-bond acceptors (Lipinski definition) is 1. The Balaban J connectivity index is 0.000000371. The summed E-state index contributed by atoms with van der Waals surface area (Å²) in [6.07, 6.45) is 0.974. The van der Waals surface area contributed by atoms with Gasteiger partial charge in [0.25, 0.3) is 0 Å². The van der Waals surface area contributed by atoms with Crippen LogP contribution in [0.25, 0.3) is 5.32 Å². The molecule has 0 aliphatic carbocycles. The average molecular weight is 410 g/mol. The van der Waals surface area contributed by atoms with Gasteiger partial charge in [0.05, 0.1) is 0 Å². The quantitative estimate of drug-likeness (QED) is 0.371. The first-order chi connectivity index (χ1) is 4.80. The van der Waals surface area contributed by atoms with Crippen LogP contribution in [0.1, 0.15) is 6.42 Å². The maximum absolute atomic E-state index is 10.6.